The number of rotatable bonds is 3. The average molecular weight is 186 g/mol. The monoisotopic (exact) mass is 186 g/mol. The molecule has 1 N–H and O–H groups in total. The Labute approximate surface area is 76.7 Å². The Hall–Kier alpha value is -0.180. The van der Waals surface area contributed by atoms with Gasteiger partial charge in [-0.2, -0.15) is 11.8 Å². The molecule has 0 aromatic rings. The van der Waals surface area contributed by atoms with Crippen molar-refractivity contribution in [2.75, 3.05) is 5.75 Å². The van der Waals surface area contributed by atoms with Gasteiger partial charge in [-0.15, -0.1) is 0 Å². The zero-order chi connectivity index (χ0) is 8.60. The summed E-state index contributed by atoms with van der Waals surface area (Å²) in [5.41, 5.74) is -0.290. The first-order valence-electron chi connectivity index (χ1n) is 4.58. The zero-order valence-electron chi connectivity index (χ0n) is 7.08. The third-order valence-electron chi connectivity index (χ3n) is 2.95. The second-order valence-corrected chi connectivity index (χ2v) is 5.33. The third kappa shape index (κ3) is 1.47. The maximum Gasteiger partial charge on any atom is 0.309 e. The van der Waals surface area contributed by atoms with Gasteiger partial charge in [-0.1, -0.05) is 0 Å². The van der Waals surface area contributed by atoms with Crippen molar-refractivity contribution < 1.29 is 9.90 Å². The highest BCUT2D eigenvalue weighted by Crippen LogP contribution is 2.52. The predicted molar refractivity (Wildman–Crippen MR) is 49.4 cm³/mol. The lowest BCUT2D eigenvalue weighted by Gasteiger charge is -2.13. The van der Waals surface area contributed by atoms with Gasteiger partial charge < -0.3 is 5.11 Å². The second kappa shape index (κ2) is 2.95. The first-order chi connectivity index (χ1) is 5.73. The summed E-state index contributed by atoms with van der Waals surface area (Å²) in [6.07, 6.45) is 5.27. The molecule has 1 aliphatic carbocycles. The van der Waals surface area contributed by atoms with Gasteiger partial charge in [-0.05, 0) is 37.9 Å². The molecular formula is C9H14O2S. The molecule has 0 aromatic heterocycles. The SMILES string of the molecule is O=C(O)C1(CC2CCCS2)CC1. The summed E-state index contributed by atoms with van der Waals surface area (Å²) >= 11 is 1.96. The third-order valence-corrected chi connectivity index (χ3v) is 4.35. The number of aliphatic carboxylic acids is 1. The summed E-state index contributed by atoms with van der Waals surface area (Å²) in [7, 11) is 0. The maximum absolute atomic E-state index is 10.9. The Balaban J connectivity index is 1.89. The molecule has 0 spiro atoms. The van der Waals surface area contributed by atoms with Crippen LogP contribution >= 0.6 is 11.8 Å². The van der Waals surface area contributed by atoms with Gasteiger partial charge in [-0.25, -0.2) is 0 Å². The Kier molecular flexibility index (Phi) is 2.07. The van der Waals surface area contributed by atoms with Gasteiger partial charge in [-0.3, -0.25) is 4.79 Å². The zero-order valence-corrected chi connectivity index (χ0v) is 7.90. The Morgan fingerprint density at radius 1 is 1.58 bits per heavy atom. The van der Waals surface area contributed by atoms with Crippen LogP contribution in [0.1, 0.15) is 32.1 Å². The predicted octanol–water partition coefficient (Wildman–Crippen LogP) is 2.14. The van der Waals surface area contributed by atoms with E-state index in [4.69, 9.17) is 5.11 Å². The van der Waals surface area contributed by atoms with Crippen molar-refractivity contribution in [1.82, 2.24) is 0 Å². The highest BCUT2D eigenvalue weighted by atomic mass is 32.2. The number of carboxylic acid groups (broad SMARTS) is 1. The van der Waals surface area contributed by atoms with E-state index in [0.29, 0.717) is 5.25 Å². The highest BCUT2D eigenvalue weighted by molar-refractivity contribution is 8.00. The van der Waals surface area contributed by atoms with Gasteiger partial charge >= 0.3 is 5.97 Å². The van der Waals surface area contributed by atoms with Crippen molar-refractivity contribution in [3.8, 4) is 0 Å². The normalized spacial score (nSPS) is 31.8. The van der Waals surface area contributed by atoms with Crippen molar-refractivity contribution in [3.05, 3.63) is 0 Å². The molecule has 0 radical (unpaired) electrons. The van der Waals surface area contributed by atoms with Crippen LogP contribution < -0.4 is 0 Å². The van der Waals surface area contributed by atoms with E-state index in [9.17, 15) is 4.79 Å². The summed E-state index contributed by atoms with van der Waals surface area (Å²) in [5, 5.41) is 9.60. The molecule has 1 saturated carbocycles. The van der Waals surface area contributed by atoms with Crippen molar-refractivity contribution in [2.45, 2.75) is 37.4 Å². The van der Waals surface area contributed by atoms with Crippen molar-refractivity contribution in [3.63, 3.8) is 0 Å². The van der Waals surface area contributed by atoms with Crippen LogP contribution in [0.5, 0.6) is 0 Å². The molecule has 68 valence electrons. The molecule has 2 aliphatic rings. The van der Waals surface area contributed by atoms with Gasteiger partial charge in [0.05, 0.1) is 5.41 Å². The van der Waals surface area contributed by atoms with Gasteiger partial charge in [0.2, 0.25) is 0 Å². The fraction of sp³-hybridized carbons (Fsp3) is 0.889. The summed E-state index contributed by atoms with van der Waals surface area (Å²) in [6.45, 7) is 0. The number of hydrogen-bond donors (Lipinski definition) is 1. The molecular weight excluding hydrogens is 172 g/mol. The van der Waals surface area contributed by atoms with E-state index in [1.807, 2.05) is 11.8 Å². The van der Waals surface area contributed by atoms with Gasteiger partial charge in [0.1, 0.15) is 0 Å². The summed E-state index contributed by atoms with van der Waals surface area (Å²) < 4.78 is 0. The van der Waals surface area contributed by atoms with Gasteiger partial charge in [0, 0.05) is 5.25 Å². The Morgan fingerprint density at radius 3 is 2.75 bits per heavy atom. The van der Waals surface area contributed by atoms with Crippen LogP contribution in [0, 0.1) is 5.41 Å². The summed E-state index contributed by atoms with van der Waals surface area (Å²) in [4.78, 5) is 10.9. The number of thioether (sulfide) groups is 1. The number of carboxylic acids is 1. The highest BCUT2D eigenvalue weighted by Gasteiger charge is 2.51. The van der Waals surface area contributed by atoms with Crippen LogP contribution in [0.4, 0.5) is 0 Å². The van der Waals surface area contributed by atoms with Crippen molar-refractivity contribution in [1.29, 1.82) is 0 Å². The van der Waals surface area contributed by atoms with Crippen LogP contribution in [-0.2, 0) is 4.79 Å². The first-order valence-corrected chi connectivity index (χ1v) is 5.63. The molecule has 2 rings (SSSR count). The van der Waals surface area contributed by atoms with E-state index < -0.39 is 5.97 Å². The summed E-state index contributed by atoms with van der Waals surface area (Å²) in [5.74, 6) is 0.676. The average Bonchev–Trinajstić information content (AvgIpc) is 2.60. The molecule has 12 heavy (non-hydrogen) atoms. The molecule has 1 unspecified atom stereocenters. The van der Waals surface area contributed by atoms with Crippen LogP contribution in [0.2, 0.25) is 0 Å². The van der Waals surface area contributed by atoms with Crippen LogP contribution in [0.15, 0.2) is 0 Å². The van der Waals surface area contributed by atoms with Gasteiger partial charge in [0.15, 0.2) is 0 Å². The summed E-state index contributed by atoms with van der Waals surface area (Å²) in [6, 6.07) is 0. The fourth-order valence-electron chi connectivity index (χ4n) is 1.90. The lowest BCUT2D eigenvalue weighted by molar-refractivity contribution is -0.143. The van der Waals surface area contributed by atoms with Gasteiger partial charge in [0.25, 0.3) is 0 Å². The minimum Gasteiger partial charge on any atom is -0.481 e. The molecule has 1 aliphatic heterocycles. The Bertz CT molecular complexity index is 193. The fourth-order valence-corrected chi connectivity index (χ4v) is 3.33. The van der Waals surface area contributed by atoms with Crippen LogP contribution in [0.25, 0.3) is 0 Å². The molecule has 0 amide bonds. The second-order valence-electron chi connectivity index (χ2n) is 3.92. The topological polar surface area (TPSA) is 37.3 Å². The molecule has 3 heteroatoms. The number of carbonyl (C=O) groups is 1. The number of hydrogen-bond acceptors (Lipinski definition) is 2. The molecule has 2 fully saturated rings. The van der Waals surface area contributed by atoms with E-state index >= 15 is 0 Å². The quantitative estimate of drug-likeness (QED) is 0.733. The van der Waals surface area contributed by atoms with E-state index in [-0.39, 0.29) is 5.41 Å². The van der Waals surface area contributed by atoms with E-state index in [1.165, 1.54) is 18.6 Å². The molecule has 1 atom stereocenters. The lowest BCUT2D eigenvalue weighted by atomic mass is 9.98. The minimum absolute atomic E-state index is 0.290. The van der Waals surface area contributed by atoms with Crippen molar-refractivity contribution >= 4 is 17.7 Å². The molecule has 0 aromatic carbocycles. The van der Waals surface area contributed by atoms with Crippen LogP contribution in [-0.4, -0.2) is 22.1 Å². The maximum atomic E-state index is 10.9. The first kappa shape index (κ1) is 8.42. The molecule has 0 bridgehead atoms. The largest absolute Gasteiger partial charge is 0.481 e. The van der Waals surface area contributed by atoms with E-state index in [1.54, 1.807) is 0 Å². The van der Waals surface area contributed by atoms with E-state index in [0.717, 1.165) is 19.3 Å². The van der Waals surface area contributed by atoms with E-state index in [2.05, 4.69) is 0 Å². The van der Waals surface area contributed by atoms with Crippen molar-refractivity contribution in [2.24, 2.45) is 5.41 Å². The smallest absolute Gasteiger partial charge is 0.309 e. The standard InChI is InChI=1S/C9H14O2S/c10-8(11)9(3-4-9)6-7-2-1-5-12-7/h7H,1-6H2,(H,10,11). The Morgan fingerprint density at radius 2 is 2.33 bits per heavy atom. The van der Waals surface area contributed by atoms with Crippen LogP contribution in [0.3, 0.4) is 0 Å². The lowest BCUT2D eigenvalue weighted by Crippen LogP contribution is -2.19. The molecule has 1 heterocycles. The molecule has 1 saturated heterocycles. The minimum atomic E-state index is -0.560. The molecule has 2 nitrogen and oxygen atoms in total.